The number of rotatable bonds is 11. The third-order valence-corrected chi connectivity index (χ3v) is 3.14. The van der Waals surface area contributed by atoms with Gasteiger partial charge in [0.25, 0.3) is 0 Å². The molecule has 4 heteroatoms. The van der Waals surface area contributed by atoms with Crippen molar-refractivity contribution >= 4 is 6.09 Å². The molecule has 0 spiro atoms. The number of amides is 1. The molecule has 1 amide bonds. The van der Waals surface area contributed by atoms with E-state index in [-0.39, 0.29) is 6.09 Å². The summed E-state index contributed by atoms with van der Waals surface area (Å²) in [5.74, 6) is 0. The number of ether oxygens (including phenoxy) is 1. The van der Waals surface area contributed by atoms with Crippen molar-refractivity contribution in [2.45, 2.75) is 58.3 Å². The number of carbonyl (C=O) groups is 1. The third-order valence-electron chi connectivity index (χ3n) is 3.14. The molecule has 0 radical (unpaired) electrons. The molecule has 0 rings (SSSR count). The highest BCUT2D eigenvalue weighted by atomic mass is 16.5. The van der Waals surface area contributed by atoms with Crippen LogP contribution in [-0.4, -0.2) is 37.7 Å². The van der Waals surface area contributed by atoms with Crippen molar-refractivity contribution in [2.24, 2.45) is 0 Å². The second-order valence-electron chi connectivity index (χ2n) is 4.79. The molecule has 0 heterocycles. The highest BCUT2D eigenvalue weighted by molar-refractivity contribution is 5.67. The normalized spacial score (nSPS) is 10.4. The molecule has 4 nitrogen and oxygen atoms in total. The lowest BCUT2D eigenvalue weighted by molar-refractivity contribution is -0.368. The summed E-state index contributed by atoms with van der Waals surface area (Å²) in [5, 5.41) is 0. The SMILES string of the molecule is CCCCCCCCCN(CCC[NH3+])C(=O)OC. The van der Waals surface area contributed by atoms with Gasteiger partial charge in [0.15, 0.2) is 0 Å². The summed E-state index contributed by atoms with van der Waals surface area (Å²) < 4.78 is 4.79. The molecule has 0 saturated heterocycles. The highest BCUT2D eigenvalue weighted by Gasteiger charge is 2.12. The van der Waals surface area contributed by atoms with E-state index in [4.69, 9.17) is 4.74 Å². The predicted molar refractivity (Wildman–Crippen MR) is 74.3 cm³/mol. The van der Waals surface area contributed by atoms with Crippen LogP contribution in [0.25, 0.3) is 0 Å². The fraction of sp³-hybridized carbons (Fsp3) is 0.929. The van der Waals surface area contributed by atoms with Crippen molar-refractivity contribution in [3.05, 3.63) is 0 Å². The number of hydrogen-bond acceptors (Lipinski definition) is 2. The monoisotopic (exact) mass is 259 g/mol. The topological polar surface area (TPSA) is 57.2 Å². The average molecular weight is 259 g/mol. The van der Waals surface area contributed by atoms with E-state index in [9.17, 15) is 4.79 Å². The van der Waals surface area contributed by atoms with Gasteiger partial charge in [-0.1, -0.05) is 45.4 Å². The average Bonchev–Trinajstić information content (AvgIpc) is 2.40. The molecule has 0 aliphatic carbocycles. The molecular formula is C14H31N2O2+. The molecule has 0 aliphatic rings. The van der Waals surface area contributed by atoms with Crippen LogP contribution in [-0.2, 0) is 4.74 Å². The van der Waals surface area contributed by atoms with E-state index in [1.54, 1.807) is 4.90 Å². The first-order chi connectivity index (χ1) is 8.76. The zero-order valence-electron chi connectivity index (χ0n) is 12.2. The van der Waals surface area contributed by atoms with Gasteiger partial charge in [-0.25, -0.2) is 4.79 Å². The van der Waals surface area contributed by atoms with Crippen molar-refractivity contribution in [2.75, 3.05) is 26.7 Å². The minimum atomic E-state index is -0.200. The third kappa shape index (κ3) is 9.28. The van der Waals surface area contributed by atoms with Crippen LogP contribution >= 0.6 is 0 Å². The molecule has 0 unspecified atom stereocenters. The first kappa shape index (κ1) is 17.2. The van der Waals surface area contributed by atoms with Gasteiger partial charge >= 0.3 is 6.09 Å². The van der Waals surface area contributed by atoms with E-state index in [1.807, 2.05) is 0 Å². The van der Waals surface area contributed by atoms with Gasteiger partial charge in [0, 0.05) is 19.5 Å². The van der Waals surface area contributed by atoms with Crippen molar-refractivity contribution in [1.29, 1.82) is 0 Å². The van der Waals surface area contributed by atoms with Crippen LogP contribution in [0, 0.1) is 0 Å². The minimum Gasteiger partial charge on any atom is -0.453 e. The first-order valence-corrected chi connectivity index (χ1v) is 7.38. The maximum absolute atomic E-state index is 11.5. The molecule has 108 valence electrons. The van der Waals surface area contributed by atoms with Crippen LogP contribution < -0.4 is 5.73 Å². The Morgan fingerprint density at radius 3 is 2.11 bits per heavy atom. The van der Waals surface area contributed by atoms with Gasteiger partial charge in [-0.3, -0.25) is 0 Å². The van der Waals surface area contributed by atoms with Crippen LogP contribution in [0.1, 0.15) is 58.3 Å². The Bertz CT molecular complexity index is 198. The van der Waals surface area contributed by atoms with Gasteiger partial charge < -0.3 is 15.4 Å². The van der Waals surface area contributed by atoms with Gasteiger partial charge in [-0.2, -0.15) is 0 Å². The fourth-order valence-electron chi connectivity index (χ4n) is 1.99. The largest absolute Gasteiger partial charge is 0.453 e. The molecule has 0 aromatic carbocycles. The molecule has 0 aromatic heterocycles. The fourth-order valence-corrected chi connectivity index (χ4v) is 1.99. The van der Waals surface area contributed by atoms with Gasteiger partial charge in [-0.05, 0) is 6.42 Å². The van der Waals surface area contributed by atoms with Gasteiger partial charge in [-0.15, -0.1) is 0 Å². The summed E-state index contributed by atoms with van der Waals surface area (Å²) >= 11 is 0. The van der Waals surface area contributed by atoms with Crippen LogP contribution in [0.4, 0.5) is 4.79 Å². The Morgan fingerprint density at radius 1 is 1.00 bits per heavy atom. The molecule has 0 aliphatic heterocycles. The maximum Gasteiger partial charge on any atom is 0.409 e. The smallest absolute Gasteiger partial charge is 0.409 e. The summed E-state index contributed by atoms with van der Waals surface area (Å²) in [5.41, 5.74) is 3.80. The lowest BCUT2D eigenvalue weighted by Gasteiger charge is -2.20. The zero-order valence-corrected chi connectivity index (χ0v) is 12.2. The molecule has 18 heavy (non-hydrogen) atoms. The number of unbranched alkanes of at least 4 members (excludes halogenated alkanes) is 6. The number of nitrogens with zero attached hydrogens (tertiary/aromatic N) is 1. The van der Waals surface area contributed by atoms with E-state index >= 15 is 0 Å². The van der Waals surface area contributed by atoms with Crippen LogP contribution in [0.3, 0.4) is 0 Å². The van der Waals surface area contributed by atoms with Crippen molar-refractivity contribution in [3.8, 4) is 0 Å². The van der Waals surface area contributed by atoms with Crippen LogP contribution in [0.15, 0.2) is 0 Å². The highest BCUT2D eigenvalue weighted by Crippen LogP contribution is 2.08. The van der Waals surface area contributed by atoms with Crippen LogP contribution in [0.5, 0.6) is 0 Å². The van der Waals surface area contributed by atoms with Crippen LogP contribution in [0.2, 0.25) is 0 Å². The van der Waals surface area contributed by atoms with Gasteiger partial charge in [0.05, 0.1) is 13.7 Å². The lowest BCUT2D eigenvalue weighted by atomic mass is 10.1. The molecule has 0 fully saturated rings. The van der Waals surface area contributed by atoms with Gasteiger partial charge in [0.1, 0.15) is 0 Å². The van der Waals surface area contributed by atoms with Crippen molar-refractivity contribution < 1.29 is 15.3 Å². The number of quaternary nitrogens is 1. The Morgan fingerprint density at radius 2 is 1.56 bits per heavy atom. The van der Waals surface area contributed by atoms with Crippen molar-refractivity contribution in [1.82, 2.24) is 4.90 Å². The number of hydrogen-bond donors (Lipinski definition) is 1. The molecule has 0 atom stereocenters. The van der Waals surface area contributed by atoms with E-state index in [0.717, 1.165) is 32.5 Å². The Hall–Kier alpha value is -0.770. The summed E-state index contributed by atoms with van der Waals surface area (Å²) in [6, 6.07) is 0. The standard InChI is InChI=1S/C14H30N2O2/c1-3-4-5-6-7-8-9-12-16(13-10-11-15)14(17)18-2/h3-13,15H2,1-2H3/p+1. The minimum absolute atomic E-state index is 0.200. The Labute approximate surface area is 112 Å². The zero-order chi connectivity index (χ0) is 13.6. The van der Waals surface area contributed by atoms with Gasteiger partial charge in [0.2, 0.25) is 0 Å². The lowest BCUT2D eigenvalue weighted by Crippen LogP contribution is -2.51. The predicted octanol–water partition coefficient (Wildman–Crippen LogP) is 2.44. The second kappa shape index (κ2) is 12.7. The first-order valence-electron chi connectivity index (χ1n) is 7.38. The van der Waals surface area contributed by atoms with E-state index in [0.29, 0.717) is 0 Å². The molecule has 0 aromatic rings. The molecule has 0 saturated carbocycles. The quantitative estimate of drug-likeness (QED) is 0.579. The summed E-state index contributed by atoms with van der Waals surface area (Å²) in [6.45, 7) is 4.69. The molecule has 0 bridgehead atoms. The Balaban J connectivity index is 3.59. The van der Waals surface area contributed by atoms with E-state index < -0.39 is 0 Å². The summed E-state index contributed by atoms with van der Waals surface area (Å²) in [7, 11) is 1.45. The number of carbonyl (C=O) groups excluding carboxylic acids is 1. The van der Waals surface area contributed by atoms with E-state index in [2.05, 4.69) is 12.7 Å². The Kier molecular flexibility index (Phi) is 12.1. The molecule has 3 N–H and O–H groups in total. The summed E-state index contributed by atoms with van der Waals surface area (Å²) in [4.78, 5) is 13.3. The number of methoxy groups -OCH3 is 1. The second-order valence-corrected chi connectivity index (χ2v) is 4.79. The maximum atomic E-state index is 11.5. The van der Waals surface area contributed by atoms with E-state index in [1.165, 1.54) is 45.6 Å². The molecular weight excluding hydrogens is 228 g/mol. The van der Waals surface area contributed by atoms with Crippen molar-refractivity contribution in [3.63, 3.8) is 0 Å². The summed E-state index contributed by atoms with van der Waals surface area (Å²) in [6.07, 6.45) is 9.63.